The Bertz CT molecular complexity index is 869. The average Bonchev–Trinajstić information content (AvgIpc) is 2.52. The first-order valence-corrected chi connectivity index (χ1v) is 8.09. The van der Waals surface area contributed by atoms with Crippen molar-refractivity contribution in [3.05, 3.63) is 39.4 Å². The van der Waals surface area contributed by atoms with E-state index in [2.05, 4.69) is 15.8 Å². The average molecular weight is 348 g/mol. The molecule has 1 heterocycles. The summed E-state index contributed by atoms with van der Waals surface area (Å²) in [5, 5.41) is 0.511. The van der Waals surface area contributed by atoms with Gasteiger partial charge in [-0.15, -0.1) is 0 Å². The summed E-state index contributed by atoms with van der Waals surface area (Å²) < 4.78 is 1.60. The number of rotatable bonds is 5. The molecule has 128 valence electrons. The molecule has 0 unspecified atom stereocenters. The lowest BCUT2D eigenvalue weighted by molar-refractivity contribution is -0.129. The number of nitrogens with one attached hydrogen (secondary N) is 3. The molecule has 1 aromatic heterocycles. The molecule has 24 heavy (non-hydrogen) atoms. The zero-order valence-electron chi connectivity index (χ0n) is 13.6. The van der Waals surface area contributed by atoms with Crippen LogP contribution in [-0.2, 0) is 16.1 Å². The molecule has 2 amide bonds. The van der Waals surface area contributed by atoms with Gasteiger partial charge in [-0.25, -0.2) is 0 Å². The summed E-state index contributed by atoms with van der Waals surface area (Å²) in [5.41, 5.74) is 5.10. The minimum atomic E-state index is -0.387. The molecule has 0 fully saturated rings. The van der Waals surface area contributed by atoms with E-state index in [-0.39, 0.29) is 41.0 Å². The minimum Gasteiger partial charge on any atom is -0.332 e. The molecule has 0 aliphatic heterocycles. The van der Waals surface area contributed by atoms with E-state index in [1.165, 1.54) is 4.57 Å². The second kappa shape index (κ2) is 7.87. The van der Waals surface area contributed by atoms with E-state index in [9.17, 15) is 14.4 Å². The summed E-state index contributed by atoms with van der Waals surface area (Å²) in [5.74, 6) is -0.434. The SMILES string of the molecule is CC(C)CC(=O)NNC(=O)CCn1c(=S)[nH]c2ccccc2c1=O. The highest BCUT2D eigenvalue weighted by atomic mass is 32.1. The number of fused-ring (bicyclic) bond motifs is 1. The Morgan fingerprint density at radius 2 is 1.88 bits per heavy atom. The first-order chi connectivity index (χ1) is 11.4. The zero-order chi connectivity index (χ0) is 17.7. The Morgan fingerprint density at radius 3 is 2.58 bits per heavy atom. The molecule has 8 heteroatoms. The molecule has 2 rings (SSSR count). The van der Waals surface area contributed by atoms with Gasteiger partial charge in [0.15, 0.2) is 4.77 Å². The number of aromatic amines is 1. The monoisotopic (exact) mass is 348 g/mol. The van der Waals surface area contributed by atoms with Crippen molar-refractivity contribution >= 4 is 34.9 Å². The van der Waals surface area contributed by atoms with Gasteiger partial charge in [0, 0.05) is 19.4 Å². The maximum Gasteiger partial charge on any atom is 0.262 e. The number of carbonyl (C=O) groups is 2. The Labute approximate surface area is 144 Å². The first kappa shape index (κ1) is 17.9. The summed E-state index contributed by atoms with van der Waals surface area (Å²) in [7, 11) is 0. The predicted molar refractivity (Wildman–Crippen MR) is 93.8 cm³/mol. The van der Waals surface area contributed by atoms with Gasteiger partial charge in [-0.3, -0.25) is 29.8 Å². The first-order valence-electron chi connectivity index (χ1n) is 7.68. The molecule has 3 N–H and O–H groups in total. The fraction of sp³-hybridized carbons (Fsp3) is 0.375. The molecular weight excluding hydrogens is 328 g/mol. The molecular formula is C16H20N4O3S. The number of carbonyl (C=O) groups excluding carboxylic acids is 2. The van der Waals surface area contributed by atoms with Crippen molar-refractivity contribution in [3.8, 4) is 0 Å². The van der Waals surface area contributed by atoms with Crippen LogP contribution in [0.1, 0.15) is 26.7 Å². The van der Waals surface area contributed by atoms with E-state index in [4.69, 9.17) is 12.2 Å². The van der Waals surface area contributed by atoms with Gasteiger partial charge in [0.2, 0.25) is 11.8 Å². The van der Waals surface area contributed by atoms with Gasteiger partial charge < -0.3 is 4.98 Å². The smallest absolute Gasteiger partial charge is 0.262 e. The largest absolute Gasteiger partial charge is 0.332 e. The number of benzene rings is 1. The highest BCUT2D eigenvalue weighted by molar-refractivity contribution is 7.71. The quantitative estimate of drug-likeness (QED) is 0.565. The summed E-state index contributed by atoms with van der Waals surface area (Å²) in [6.07, 6.45) is 0.355. The Hall–Kier alpha value is -2.48. The minimum absolute atomic E-state index is 0.0255. The van der Waals surface area contributed by atoms with Gasteiger partial charge in [0.1, 0.15) is 0 Å². The number of amides is 2. The molecule has 0 radical (unpaired) electrons. The van der Waals surface area contributed by atoms with Crippen LogP contribution in [0.3, 0.4) is 0 Å². The number of hydrazine groups is 1. The standard InChI is InChI=1S/C16H20N4O3S/c1-10(2)9-14(22)19-18-13(21)7-8-20-15(23)11-5-3-4-6-12(11)17-16(20)24/h3-6,10H,7-9H2,1-2H3,(H,17,24)(H,18,21)(H,19,22). The number of para-hydroxylation sites is 1. The second-order valence-corrected chi connectivity index (χ2v) is 6.26. The molecule has 0 aliphatic rings. The molecule has 1 aromatic carbocycles. The highest BCUT2D eigenvalue weighted by Gasteiger charge is 2.09. The molecule has 0 atom stereocenters. The fourth-order valence-corrected chi connectivity index (χ4v) is 2.52. The van der Waals surface area contributed by atoms with Crippen LogP contribution in [0.25, 0.3) is 10.9 Å². The van der Waals surface area contributed by atoms with Crippen LogP contribution in [0.2, 0.25) is 0 Å². The maximum absolute atomic E-state index is 12.4. The molecule has 0 spiro atoms. The van der Waals surface area contributed by atoms with Gasteiger partial charge in [-0.05, 0) is 30.3 Å². The van der Waals surface area contributed by atoms with Crippen molar-refractivity contribution < 1.29 is 9.59 Å². The van der Waals surface area contributed by atoms with Crippen molar-refractivity contribution in [2.75, 3.05) is 0 Å². The summed E-state index contributed by atoms with van der Waals surface area (Å²) in [6.45, 7) is 3.95. The lowest BCUT2D eigenvalue weighted by Gasteiger charge is -2.10. The third-order valence-corrected chi connectivity index (χ3v) is 3.71. The lowest BCUT2D eigenvalue weighted by atomic mass is 10.1. The molecule has 0 saturated heterocycles. The van der Waals surface area contributed by atoms with E-state index in [0.717, 1.165) is 0 Å². The van der Waals surface area contributed by atoms with Gasteiger partial charge in [0.25, 0.3) is 5.56 Å². The number of hydrogen-bond acceptors (Lipinski definition) is 4. The van der Waals surface area contributed by atoms with E-state index in [1.807, 2.05) is 19.9 Å². The van der Waals surface area contributed by atoms with Crippen molar-refractivity contribution in [1.29, 1.82) is 0 Å². The van der Waals surface area contributed by atoms with E-state index < -0.39 is 0 Å². The number of H-pyrrole nitrogens is 1. The van der Waals surface area contributed by atoms with Gasteiger partial charge in [0.05, 0.1) is 10.9 Å². The van der Waals surface area contributed by atoms with Crippen molar-refractivity contribution in [1.82, 2.24) is 20.4 Å². The summed E-state index contributed by atoms with van der Waals surface area (Å²) in [4.78, 5) is 38.7. The van der Waals surface area contributed by atoms with Crippen LogP contribution in [0.4, 0.5) is 0 Å². The number of hydrogen-bond donors (Lipinski definition) is 3. The van der Waals surface area contributed by atoms with Crippen LogP contribution >= 0.6 is 12.2 Å². The zero-order valence-corrected chi connectivity index (χ0v) is 14.4. The van der Waals surface area contributed by atoms with Gasteiger partial charge in [-0.2, -0.15) is 0 Å². The fourth-order valence-electron chi connectivity index (χ4n) is 2.24. The molecule has 0 aliphatic carbocycles. The number of nitrogens with zero attached hydrogens (tertiary/aromatic N) is 1. The Kier molecular flexibility index (Phi) is 5.86. The third-order valence-electron chi connectivity index (χ3n) is 3.39. The molecule has 0 saturated carbocycles. The number of aromatic nitrogens is 2. The topological polar surface area (TPSA) is 96.0 Å². The van der Waals surface area contributed by atoms with E-state index in [0.29, 0.717) is 17.3 Å². The maximum atomic E-state index is 12.4. The summed E-state index contributed by atoms with van der Waals surface area (Å²) in [6, 6.07) is 7.05. The van der Waals surface area contributed by atoms with Crippen LogP contribution in [0.15, 0.2) is 29.1 Å². The highest BCUT2D eigenvalue weighted by Crippen LogP contribution is 2.06. The molecule has 2 aromatic rings. The van der Waals surface area contributed by atoms with Crippen LogP contribution in [-0.4, -0.2) is 21.4 Å². The van der Waals surface area contributed by atoms with E-state index >= 15 is 0 Å². The molecule has 0 bridgehead atoms. The molecule has 7 nitrogen and oxygen atoms in total. The Morgan fingerprint density at radius 1 is 1.21 bits per heavy atom. The van der Waals surface area contributed by atoms with Crippen molar-refractivity contribution in [2.24, 2.45) is 5.92 Å². The van der Waals surface area contributed by atoms with E-state index in [1.54, 1.807) is 18.2 Å². The summed E-state index contributed by atoms with van der Waals surface area (Å²) >= 11 is 5.18. The van der Waals surface area contributed by atoms with Gasteiger partial charge >= 0.3 is 0 Å². The van der Waals surface area contributed by atoms with Gasteiger partial charge in [-0.1, -0.05) is 26.0 Å². The third kappa shape index (κ3) is 4.51. The Balaban J connectivity index is 2.01. The second-order valence-electron chi connectivity index (χ2n) is 5.88. The lowest BCUT2D eigenvalue weighted by Crippen LogP contribution is -2.42. The predicted octanol–water partition coefficient (Wildman–Crippen LogP) is 1.64. The van der Waals surface area contributed by atoms with Crippen molar-refractivity contribution in [2.45, 2.75) is 33.2 Å². The van der Waals surface area contributed by atoms with Crippen LogP contribution in [0.5, 0.6) is 0 Å². The van der Waals surface area contributed by atoms with Crippen LogP contribution < -0.4 is 16.4 Å². The normalized spacial score (nSPS) is 10.8. The van der Waals surface area contributed by atoms with Crippen molar-refractivity contribution in [3.63, 3.8) is 0 Å². The van der Waals surface area contributed by atoms with Crippen LogP contribution in [0, 0.1) is 10.7 Å².